The van der Waals surface area contributed by atoms with E-state index in [1.54, 1.807) is 12.1 Å². The van der Waals surface area contributed by atoms with Gasteiger partial charge in [0, 0.05) is 25.0 Å². The van der Waals surface area contributed by atoms with Gasteiger partial charge in [-0.2, -0.15) is 8.42 Å². The Labute approximate surface area is 147 Å². The first-order valence-corrected chi connectivity index (χ1v) is 9.80. The van der Waals surface area contributed by atoms with Gasteiger partial charge in [0.2, 0.25) is 0 Å². The number of nitrogens with one attached hydrogen (secondary N) is 1. The van der Waals surface area contributed by atoms with Crippen molar-refractivity contribution < 1.29 is 12.8 Å². The highest BCUT2D eigenvalue weighted by Gasteiger charge is 2.24. The Hall–Kier alpha value is -1.36. The van der Waals surface area contributed by atoms with Gasteiger partial charge in [-0.1, -0.05) is 0 Å². The average molecular weight is 418 g/mol. The topological polar surface area (TPSA) is 101 Å². The lowest BCUT2D eigenvalue weighted by Crippen LogP contribution is -2.42. The molecule has 1 aliphatic heterocycles. The van der Waals surface area contributed by atoms with E-state index in [1.165, 1.54) is 6.33 Å². The van der Waals surface area contributed by atoms with E-state index in [-0.39, 0.29) is 18.0 Å². The second-order valence-electron chi connectivity index (χ2n) is 5.80. The van der Waals surface area contributed by atoms with Gasteiger partial charge in [-0.05, 0) is 46.8 Å². The minimum Gasteiger partial charge on any atom is -0.356 e. The second-order valence-corrected chi connectivity index (χ2v) is 8.04. The van der Waals surface area contributed by atoms with Crippen LogP contribution in [0.4, 0.5) is 10.2 Å². The summed E-state index contributed by atoms with van der Waals surface area (Å²) in [5, 5.41) is 5.62. The van der Waals surface area contributed by atoms with Crippen molar-refractivity contribution in [3.05, 3.63) is 28.7 Å². The first-order valence-electron chi connectivity index (χ1n) is 7.46. The van der Waals surface area contributed by atoms with Crippen molar-refractivity contribution in [2.24, 2.45) is 11.1 Å². The van der Waals surface area contributed by atoms with Crippen molar-refractivity contribution in [2.45, 2.75) is 12.8 Å². The van der Waals surface area contributed by atoms with Gasteiger partial charge < -0.3 is 4.90 Å². The van der Waals surface area contributed by atoms with E-state index >= 15 is 0 Å². The summed E-state index contributed by atoms with van der Waals surface area (Å²) in [4.78, 5) is 10.4. The number of aromatic nitrogens is 2. The van der Waals surface area contributed by atoms with Crippen LogP contribution in [0.15, 0.2) is 22.9 Å². The van der Waals surface area contributed by atoms with E-state index in [9.17, 15) is 12.8 Å². The third-order valence-corrected chi connectivity index (χ3v) is 5.25. The Bertz CT molecular complexity index is 864. The zero-order valence-corrected chi connectivity index (χ0v) is 15.1. The summed E-state index contributed by atoms with van der Waals surface area (Å²) in [6.45, 7) is 1.67. The van der Waals surface area contributed by atoms with Crippen molar-refractivity contribution >= 4 is 42.9 Å². The highest BCUT2D eigenvalue weighted by molar-refractivity contribution is 9.10. The van der Waals surface area contributed by atoms with Crippen LogP contribution in [0.3, 0.4) is 0 Å². The maximum absolute atomic E-state index is 14.2. The summed E-state index contributed by atoms with van der Waals surface area (Å²) in [6.07, 6.45) is 3.13. The van der Waals surface area contributed by atoms with Gasteiger partial charge >= 0.3 is 0 Å². The lowest BCUT2D eigenvalue weighted by molar-refractivity contribution is 0.410. The van der Waals surface area contributed by atoms with E-state index in [2.05, 4.69) is 30.6 Å². The average Bonchev–Trinajstić information content (AvgIpc) is 2.56. The number of nitrogens with zero attached hydrogens (tertiary/aromatic N) is 3. The van der Waals surface area contributed by atoms with Gasteiger partial charge in [0.05, 0.1) is 4.47 Å². The van der Waals surface area contributed by atoms with Crippen molar-refractivity contribution in [3.8, 4) is 0 Å². The molecule has 0 bridgehead atoms. The smallest absolute Gasteiger partial charge is 0.274 e. The molecular formula is C14H17BrFN5O2S. The fourth-order valence-corrected chi connectivity index (χ4v) is 3.76. The quantitative estimate of drug-likeness (QED) is 0.785. The van der Waals surface area contributed by atoms with Gasteiger partial charge in [-0.25, -0.2) is 24.2 Å². The van der Waals surface area contributed by atoms with Gasteiger partial charge in [-0.15, -0.1) is 0 Å². The Morgan fingerprint density at radius 1 is 1.42 bits per heavy atom. The van der Waals surface area contributed by atoms with Crippen LogP contribution in [0.2, 0.25) is 0 Å². The Kier molecular flexibility index (Phi) is 5.00. The lowest BCUT2D eigenvalue weighted by atomic mass is 9.98. The third-order valence-electron chi connectivity index (χ3n) is 4.07. The summed E-state index contributed by atoms with van der Waals surface area (Å²) in [5.74, 6) is 0.356. The Balaban J connectivity index is 1.86. The molecule has 7 nitrogen and oxygen atoms in total. The first-order chi connectivity index (χ1) is 11.3. The molecule has 3 N–H and O–H groups in total. The van der Waals surface area contributed by atoms with Gasteiger partial charge in [0.1, 0.15) is 17.7 Å². The molecule has 1 unspecified atom stereocenters. The number of piperidine rings is 1. The molecule has 1 aromatic heterocycles. The van der Waals surface area contributed by atoms with Crippen LogP contribution in [0.25, 0.3) is 10.9 Å². The molecule has 0 amide bonds. The fourth-order valence-electron chi connectivity index (χ4n) is 2.97. The molecule has 130 valence electrons. The van der Waals surface area contributed by atoms with Crippen LogP contribution in [0, 0.1) is 11.7 Å². The fraction of sp³-hybridized carbons (Fsp3) is 0.429. The summed E-state index contributed by atoms with van der Waals surface area (Å²) in [5.41, 5.74) is 0.263. The number of halogens is 2. The molecule has 10 heteroatoms. The number of anilines is 1. The Morgan fingerprint density at radius 3 is 2.96 bits per heavy atom. The van der Waals surface area contributed by atoms with E-state index in [0.29, 0.717) is 22.2 Å². The predicted octanol–water partition coefficient (Wildman–Crippen LogP) is 1.54. The van der Waals surface area contributed by atoms with Crippen molar-refractivity contribution in [3.63, 3.8) is 0 Å². The van der Waals surface area contributed by atoms with Crippen LogP contribution < -0.4 is 14.8 Å². The highest BCUT2D eigenvalue weighted by Crippen LogP contribution is 2.31. The SMILES string of the molecule is NS(=O)(=O)NCC1CCCN(c2ncnc3c(F)c(Br)ccc23)C1. The molecule has 1 fully saturated rings. The molecule has 0 radical (unpaired) electrons. The zero-order chi connectivity index (χ0) is 17.3. The maximum Gasteiger partial charge on any atom is 0.274 e. The summed E-state index contributed by atoms with van der Waals surface area (Å²) in [7, 11) is -3.70. The lowest BCUT2D eigenvalue weighted by Gasteiger charge is -2.34. The van der Waals surface area contributed by atoms with E-state index in [0.717, 1.165) is 19.4 Å². The van der Waals surface area contributed by atoms with Gasteiger partial charge in [0.25, 0.3) is 10.2 Å². The molecule has 0 saturated carbocycles. The van der Waals surface area contributed by atoms with Crippen molar-refractivity contribution in [2.75, 3.05) is 24.5 Å². The molecule has 1 atom stereocenters. The number of benzene rings is 1. The molecule has 1 aromatic carbocycles. The van der Waals surface area contributed by atoms with Crippen LogP contribution >= 0.6 is 15.9 Å². The molecule has 2 heterocycles. The predicted molar refractivity (Wildman–Crippen MR) is 93.2 cm³/mol. The Morgan fingerprint density at radius 2 is 2.21 bits per heavy atom. The summed E-state index contributed by atoms with van der Waals surface area (Å²) >= 11 is 3.16. The number of nitrogens with two attached hydrogens (primary N) is 1. The van der Waals surface area contributed by atoms with Crippen LogP contribution in [0.5, 0.6) is 0 Å². The zero-order valence-electron chi connectivity index (χ0n) is 12.7. The van der Waals surface area contributed by atoms with Crippen LogP contribution in [-0.4, -0.2) is 38.0 Å². The standard InChI is InChI=1S/C14H17BrFN5O2S/c15-11-4-3-10-13(12(11)16)18-8-19-14(10)21-5-1-2-9(7-21)6-20-24(17,22)23/h3-4,8-9,20H,1-2,5-7H2,(H2,17,22,23). The van der Waals surface area contributed by atoms with E-state index < -0.39 is 16.0 Å². The van der Waals surface area contributed by atoms with Crippen LogP contribution in [-0.2, 0) is 10.2 Å². The molecule has 3 rings (SSSR count). The van der Waals surface area contributed by atoms with Crippen LogP contribution in [0.1, 0.15) is 12.8 Å². The third kappa shape index (κ3) is 3.82. The molecule has 1 saturated heterocycles. The molecule has 0 spiro atoms. The number of rotatable bonds is 4. The normalized spacial score (nSPS) is 19.0. The first kappa shape index (κ1) is 17.5. The summed E-state index contributed by atoms with van der Waals surface area (Å²) < 4.78 is 39.0. The van der Waals surface area contributed by atoms with E-state index in [4.69, 9.17) is 5.14 Å². The number of hydrogen-bond donors (Lipinski definition) is 2. The van der Waals surface area contributed by atoms with Crippen molar-refractivity contribution in [1.82, 2.24) is 14.7 Å². The molecule has 24 heavy (non-hydrogen) atoms. The van der Waals surface area contributed by atoms with Crippen molar-refractivity contribution in [1.29, 1.82) is 0 Å². The molecule has 0 aliphatic carbocycles. The largest absolute Gasteiger partial charge is 0.356 e. The number of fused-ring (bicyclic) bond motifs is 1. The van der Waals surface area contributed by atoms with E-state index in [1.807, 2.05) is 4.90 Å². The monoisotopic (exact) mass is 417 g/mol. The highest BCUT2D eigenvalue weighted by atomic mass is 79.9. The second kappa shape index (κ2) is 6.87. The van der Waals surface area contributed by atoms with Gasteiger partial charge in [-0.3, -0.25) is 0 Å². The molecular weight excluding hydrogens is 401 g/mol. The van der Waals surface area contributed by atoms with Gasteiger partial charge in [0.15, 0.2) is 5.82 Å². The molecule has 2 aromatic rings. The maximum atomic E-state index is 14.2. The summed E-state index contributed by atoms with van der Waals surface area (Å²) in [6, 6.07) is 3.42. The number of hydrogen-bond acceptors (Lipinski definition) is 5. The minimum atomic E-state index is -3.70. The molecule has 1 aliphatic rings. The minimum absolute atomic E-state index is 0.113.